The van der Waals surface area contributed by atoms with Gasteiger partial charge in [-0.15, -0.1) is 0 Å². The number of hydrogen-bond donors (Lipinski definition) is 2. The molecule has 7 nitrogen and oxygen atoms in total. The summed E-state index contributed by atoms with van der Waals surface area (Å²) < 4.78 is 4.76. The van der Waals surface area contributed by atoms with Crippen LogP contribution in [0.3, 0.4) is 0 Å². The van der Waals surface area contributed by atoms with Gasteiger partial charge >= 0.3 is 6.09 Å². The minimum absolute atomic E-state index is 0.264. The molecule has 0 saturated carbocycles. The maximum Gasteiger partial charge on any atom is 0.409 e. The van der Waals surface area contributed by atoms with E-state index in [1.54, 1.807) is 17.0 Å². The number of guanidine groups is 1. The van der Waals surface area contributed by atoms with Gasteiger partial charge in [0.05, 0.1) is 25.3 Å². The van der Waals surface area contributed by atoms with Crippen LogP contribution in [0.15, 0.2) is 29.3 Å². The van der Waals surface area contributed by atoms with Crippen molar-refractivity contribution in [1.82, 2.24) is 15.5 Å². The van der Waals surface area contributed by atoms with E-state index < -0.39 is 0 Å². The Morgan fingerprint density at radius 3 is 2.60 bits per heavy atom. The number of hydrogen-bond acceptors (Lipinski definition) is 4. The zero-order valence-electron chi connectivity index (χ0n) is 14.8. The Morgan fingerprint density at radius 1 is 1.36 bits per heavy atom. The van der Waals surface area contributed by atoms with Crippen molar-refractivity contribution in [1.29, 1.82) is 5.26 Å². The number of rotatable bonds is 4. The zero-order valence-corrected chi connectivity index (χ0v) is 14.8. The van der Waals surface area contributed by atoms with Crippen molar-refractivity contribution in [2.45, 2.75) is 32.4 Å². The van der Waals surface area contributed by atoms with Crippen molar-refractivity contribution in [3.8, 4) is 6.07 Å². The summed E-state index contributed by atoms with van der Waals surface area (Å²) in [7, 11) is 1.41. The molecule has 1 amide bonds. The van der Waals surface area contributed by atoms with Crippen molar-refractivity contribution >= 4 is 12.1 Å². The van der Waals surface area contributed by atoms with Gasteiger partial charge < -0.3 is 20.3 Å². The molecule has 1 heterocycles. The molecule has 2 rings (SSSR count). The molecule has 2 N–H and O–H groups in total. The molecule has 1 aliphatic rings. The number of carbonyl (C=O) groups is 1. The molecular formula is C18H25N5O2. The second kappa shape index (κ2) is 9.52. The average molecular weight is 343 g/mol. The van der Waals surface area contributed by atoms with Gasteiger partial charge in [-0.05, 0) is 37.5 Å². The molecule has 0 radical (unpaired) electrons. The lowest BCUT2D eigenvalue weighted by Crippen LogP contribution is -2.49. The first-order valence-electron chi connectivity index (χ1n) is 8.53. The third-order valence-corrected chi connectivity index (χ3v) is 4.12. The fourth-order valence-corrected chi connectivity index (χ4v) is 2.70. The molecular weight excluding hydrogens is 318 g/mol. The molecule has 0 atom stereocenters. The van der Waals surface area contributed by atoms with Crippen LogP contribution in [0.4, 0.5) is 4.79 Å². The standard InChI is InChI=1S/C18H25N5O2/c1-3-20-17(21-13-15-6-4-14(12-19)5-7-15)22-16-8-10-23(11-9-16)18(24)25-2/h4-7,16H,3,8-11,13H2,1-2H3,(H2,20,21,22). The van der Waals surface area contributed by atoms with E-state index >= 15 is 0 Å². The van der Waals surface area contributed by atoms with Crippen molar-refractivity contribution < 1.29 is 9.53 Å². The molecule has 1 saturated heterocycles. The lowest BCUT2D eigenvalue weighted by Gasteiger charge is -2.32. The molecule has 134 valence electrons. The fourth-order valence-electron chi connectivity index (χ4n) is 2.70. The molecule has 0 aliphatic carbocycles. The molecule has 25 heavy (non-hydrogen) atoms. The largest absolute Gasteiger partial charge is 0.453 e. The van der Waals surface area contributed by atoms with Crippen LogP contribution >= 0.6 is 0 Å². The van der Waals surface area contributed by atoms with E-state index in [1.807, 2.05) is 19.1 Å². The van der Waals surface area contributed by atoms with Gasteiger partial charge in [0.1, 0.15) is 0 Å². The summed E-state index contributed by atoms with van der Waals surface area (Å²) in [5.74, 6) is 0.767. The van der Waals surface area contributed by atoms with Crippen LogP contribution in [0.5, 0.6) is 0 Å². The Morgan fingerprint density at radius 2 is 2.04 bits per heavy atom. The highest BCUT2D eigenvalue weighted by atomic mass is 16.5. The minimum atomic E-state index is -0.264. The van der Waals surface area contributed by atoms with Crippen LogP contribution in [0.25, 0.3) is 0 Å². The average Bonchev–Trinajstić information content (AvgIpc) is 2.66. The van der Waals surface area contributed by atoms with Gasteiger partial charge in [-0.25, -0.2) is 9.79 Å². The molecule has 1 aliphatic heterocycles. The number of aliphatic imine (C=N–C) groups is 1. The Labute approximate surface area is 148 Å². The van der Waals surface area contributed by atoms with Gasteiger partial charge in [-0.3, -0.25) is 0 Å². The molecule has 0 unspecified atom stereocenters. The van der Waals surface area contributed by atoms with Gasteiger partial charge in [0.25, 0.3) is 0 Å². The predicted molar refractivity (Wildman–Crippen MR) is 96.1 cm³/mol. The first-order valence-corrected chi connectivity index (χ1v) is 8.53. The maximum absolute atomic E-state index is 11.5. The summed E-state index contributed by atoms with van der Waals surface area (Å²) in [4.78, 5) is 17.9. The smallest absolute Gasteiger partial charge is 0.409 e. The van der Waals surface area contributed by atoms with E-state index in [-0.39, 0.29) is 12.1 Å². The molecule has 0 spiro atoms. The Bertz CT molecular complexity index is 628. The first kappa shape index (κ1) is 18.6. The second-order valence-electron chi connectivity index (χ2n) is 5.88. The fraction of sp³-hybridized carbons (Fsp3) is 0.500. The van der Waals surface area contributed by atoms with E-state index in [2.05, 4.69) is 21.7 Å². The van der Waals surface area contributed by atoms with Gasteiger partial charge in [0.2, 0.25) is 0 Å². The number of amides is 1. The Kier molecular flexibility index (Phi) is 7.08. The number of nitriles is 1. The normalized spacial score (nSPS) is 15.4. The van der Waals surface area contributed by atoms with E-state index in [0.29, 0.717) is 25.2 Å². The molecule has 7 heteroatoms. The zero-order chi connectivity index (χ0) is 18.1. The third kappa shape index (κ3) is 5.68. The topological polar surface area (TPSA) is 89.8 Å². The summed E-state index contributed by atoms with van der Waals surface area (Å²) in [5, 5.41) is 15.5. The molecule has 0 bridgehead atoms. The summed E-state index contributed by atoms with van der Waals surface area (Å²) in [6.45, 7) is 4.71. The van der Waals surface area contributed by atoms with E-state index in [0.717, 1.165) is 30.9 Å². The SMILES string of the molecule is CCNC(=NCc1ccc(C#N)cc1)NC1CCN(C(=O)OC)CC1. The Balaban J connectivity index is 1.89. The van der Waals surface area contributed by atoms with Crippen LogP contribution in [0, 0.1) is 11.3 Å². The number of benzene rings is 1. The van der Waals surface area contributed by atoms with Crippen LogP contribution in [0.2, 0.25) is 0 Å². The van der Waals surface area contributed by atoms with E-state index in [1.165, 1.54) is 7.11 Å². The van der Waals surface area contributed by atoms with Crippen molar-refractivity contribution in [2.24, 2.45) is 4.99 Å². The number of methoxy groups -OCH3 is 1. The number of likely N-dealkylation sites (tertiary alicyclic amines) is 1. The van der Waals surface area contributed by atoms with Crippen LogP contribution in [-0.4, -0.2) is 49.7 Å². The molecule has 1 fully saturated rings. The van der Waals surface area contributed by atoms with Gasteiger partial charge in [-0.1, -0.05) is 12.1 Å². The predicted octanol–water partition coefficient (Wildman–Crippen LogP) is 1.84. The molecule has 1 aromatic rings. The number of carbonyl (C=O) groups excluding carboxylic acids is 1. The lowest BCUT2D eigenvalue weighted by atomic mass is 10.1. The quantitative estimate of drug-likeness (QED) is 0.643. The number of nitrogens with zero attached hydrogens (tertiary/aromatic N) is 3. The van der Waals surface area contributed by atoms with Crippen molar-refractivity contribution in [2.75, 3.05) is 26.7 Å². The summed E-state index contributed by atoms with van der Waals surface area (Å²) >= 11 is 0. The van der Waals surface area contributed by atoms with Gasteiger partial charge in [0.15, 0.2) is 5.96 Å². The lowest BCUT2D eigenvalue weighted by molar-refractivity contribution is 0.111. The summed E-state index contributed by atoms with van der Waals surface area (Å²) in [6.07, 6.45) is 1.45. The second-order valence-corrected chi connectivity index (χ2v) is 5.88. The van der Waals surface area contributed by atoms with Crippen LogP contribution in [0.1, 0.15) is 30.9 Å². The van der Waals surface area contributed by atoms with E-state index in [9.17, 15) is 4.79 Å². The highest BCUT2D eigenvalue weighted by molar-refractivity contribution is 5.80. The minimum Gasteiger partial charge on any atom is -0.453 e. The van der Waals surface area contributed by atoms with Crippen molar-refractivity contribution in [3.63, 3.8) is 0 Å². The van der Waals surface area contributed by atoms with Crippen molar-refractivity contribution in [3.05, 3.63) is 35.4 Å². The molecule has 0 aromatic heterocycles. The number of nitrogens with one attached hydrogen (secondary N) is 2. The highest BCUT2D eigenvalue weighted by Gasteiger charge is 2.23. The van der Waals surface area contributed by atoms with Gasteiger partial charge in [-0.2, -0.15) is 5.26 Å². The van der Waals surface area contributed by atoms with Crippen LogP contribution in [-0.2, 0) is 11.3 Å². The van der Waals surface area contributed by atoms with Crippen LogP contribution < -0.4 is 10.6 Å². The monoisotopic (exact) mass is 343 g/mol. The Hall–Kier alpha value is -2.75. The van der Waals surface area contributed by atoms with E-state index in [4.69, 9.17) is 10.00 Å². The maximum atomic E-state index is 11.5. The summed E-state index contributed by atoms with van der Waals surface area (Å²) in [6, 6.07) is 9.82. The number of piperidine rings is 1. The summed E-state index contributed by atoms with van der Waals surface area (Å²) in [5.41, 5.74) is 1.70. The first-order chi connectivity index (χ1) is 12.2. The third-order valence-electron chi connectivity index (χ3n) is 4.12. The highest BCUT2D eigenvalue weighted by Crippen LogP contribution is 2.11. The number of ether oxygens (including phenoxy) is 1. The van der Waals surface area contributed by atoms with Gasteiger partial charge in [0, 0.05) is 25.7 Å². The molecule has 1 aromatic carbocycles.